The number of thiophene rings is 1. The van der Waals surface area contributed by atoms with Crippen molar-refractivity contribution in [2.45, 2.75) is 18.5 Å². The van der Waals surface area contributed by atoms with Crippen LogP contribution in [0.3, 0.4) is 0 Å². The zero-order chi connectivity index (χ0) is 23.7. The smallest absolute Gasteiger partial charge is 0.261 e. The molecule has 2 atom stereocenters. The van der Waals surface area contributed by atoms with Gasteiger partial charge in [-0.2, -0.15) is 13.5 Å². The Morgan fingerprint density at radius 2 is 1.63 bits per heavy atom. The molecular formula is C26H22ClN3O3S2. The van der Waals surface area contributed by atoms with Crippen LogP contribution in [0, 0.1) is 0 Å². The summed E-state index contributed by atoms with van der Waals surface area (Å²) in [7, 11) is 0. The summed E-state index contributed by atoms with van der Waals surface area (Å²) in [5.74, 6) is -0.473. The van der Waals surface area contributed by atoms with Gasteiger partial charge in [0, 0.05) is 23.5 Å². The van der Waals surface area contributed by atoms with Crippen molar-refractivity contribution in [2.24, 2.45) is 0 Å². The number of carbonyl (C=O) groups excluding carboxylic acids is 2. The summed E-state index contributed by atoms with van der Waals surface area (Å²) in [6.45, 7) is 0. The van der Waals surface area contributed by atoms with Gasteiger partial charge in [0.25, 0.3) is 17.4 Å². The fourth-order valence-corrected chi connectivity index (χ4v) is 5.17. The maximum absolute atomic E-state index is 13.1. The number of hydrogen-bond acceptors (Lipinski definition) is 4. The second-order valence-corrected chi connectivity index (χ2v) is 9.71. The molecule has 2 N–H and O–H groups in total. The lowest BCUT2D eigenvalue weighted by Crippen LogP contribution is -2.44. The Hall–Kier alpha value is -3.33. The van der Waals surface area contributed by atoms with Gasteiger partial charge in [-0.25, -0.2) is 0 Å². The van der Waals surface area contributed by atoms with Gasteiger partial charge in [-0.15, -0.1) is 11.3 Å². The highest BCUT2D eigenvalue weighted by Gasteiger charge is 2.35. The molecule has 1 aliphatic carbocycles. The lowest BCUT2D eigenvalue weighted by molar-refractivity contribution is 0.0890. The third-order valence-electron chi connectivity index (χ3n) is 5.86. The van der Waals surface area contributed by atoms with Gasteiger partial charge < -0.3 is 10.6 Å². The highest BCUT2D eigenvalue weighted by molar-refractivity contribution is 7.59. The van der Waals surface area contributed by atoms with E-state index >= 15 is 0 Å². The summed E-state index contributed by atoms with van der Waals surface area (Å²) in [6, 6.07) is 22.4. The van der Waals surface area contributed by atoms with Crippen molar-refractivity contribution in [2.75, 3.05) is 0 Å². The van der Waals surface area contributed by atoms with Gasteiger partial charge in [0.15, 0.2) is 0 Å². The average molecular weight is 524 g/mol. The first-order valence-electron chi connectivity index (χ1n) is 10.7. The minimum absolute atomic E-state index is 0. The van der Waals surface area contributed by atoms with Crippen molar-refractivity contribution in [3.8, 4) is 5.69 Å². The number of aromatic nitrogens is 1. The van der Waals surface area contributed by atoms with E-state index in [1.165, 1.54) is 22.0 Å². The molecule has 178 valence electrons. The van der Waals surface area contributed by atoms with Crippen molar-refractivity contribution in [3.63, 3.8) is 0 Å². The third-order valence-corrected chi connectivity index (χ3v) is 7.09. The van der Waals surface area contributed by atoms with E-state index in [0.717, 1.165) is 11.1 Å². The normalized spacial score (nSPS) is 16.1. The first kappa shape index (κ1) is 24.8. The number of benzene rings is 2. The molecule has 0 aliphatic heterocycles. The molecule has 2 heterocycles. The van der Waals surface area contributed by atoms with E-state index in [0.29, 0.717) is 26.9 Å². The van der Waals surface area contributed by atoms with Crippen molar-refractivity contribution in [1.29, 1.82) is 0 Å². The zero-order valence-corrected chi connectivity index (χ0v) is 21.0. The first-order valence-corrected chi connectivity index (χ1v) is 11.9. The number of halogens is 1. The van der Waals surface area contributed by atoms with Crippen LogP contribution in [0.5, 0.6) is 0 Å². The Balaban J connectivity index is 0.00000289. The highest BCUT2D eigenvalue weighted by Crippen LogP contribution is 2.32. The Morgan fingerprint density at radius 1 is 0.886 bits per heavy atom. The van der Waals surface area contributed by atoms with Crippen LogP contribution in [0.25, 0.3) is 5.69 Å². The fraction of sp³-hybridized carbons (Fsp3) is 0.115. The maximum Gasteiger partial charge on any atom is 0.261 e. The van der Waals surface area contributed by atoms with Crippen LogP contribution in [0.1, 0.15) is 37.2 Å². The van der Waals surface area contributed by atoms with E-state index in [2.05, 4.69) is 10.6 Å². The Kier molecular flexibility index (Phi) is 7.45. The largest absolute Gasteiger partial charge is 0.347 e. The van der Waals surface area contributed by atoms with E-state index in [1.807, 2.05) is 24.3 Å². The first-order chi connectivity index (χ1) is 16.5. The molecule has 0 bridgehead atoms. The Morgan fingerprint density at radius 3 is 2.34 bits per heavy atom. The molecule has 0 radical (unpaired) electrons. The predicted octanol–water partition coefficient (Wildman–Crippen LogP) is 4.49. The average Bonchev–Trinajstić information content (AvgIpc) is 3.43. The van der Waals surface area contributed by atoms with Crippen LogP contribution >= 0.6 is 36.4 Å². The minimum atomic E-state index is -0.365. The quantitative estimate of drug-likeness (QED) is 0.404. The molecule has 0 spiro atoms. The molecule has 2 aromatic carbocycles. The number of nitrogens with zero attached hydrogens (tertiary/aromatic N) is 1. The SMILES string of the molecule is O=C(N[C@H]1Cc2ccccc2C1NC(=O)c1ccc(Cl)s1)c1ccc(-n2ccccc2=O)cc1.S. The van der Waals surface area contributed by atoms with Crippen LogP contribution in [0.4, 0.5) is 0 Å². The van der Waals surface area contributed by atoms with Gasteiger partial charge in [0.2, 0.25) is 0 Å². The van der Waals surface area contributed by atoms with Crippen LogP contribution < -0.4 is 16.2 Å². The highest BCUT2D eigenvalue weighted by atomic mass is 35.5. The molecule has 35 heavy (non-hydrogen) atoms. The second-order valence-electron chi connectivity index (χ2n) is 7.99. The van der Waals surface area contributed by atoms with Crippen LogP contribution in [-0.2, 0) is 6.42 Å². The molecule has 2 aromatic heterocycles. The summed E-state index contributed by atoms with van der Waals surface area (Å²) in [4.78, 5) is 38.5. The zero-order valence-electron chi connectivity index (χ0n) is 18.4. The molecule has 0 saturated heterocycles. The molecule has 0 saturated carbocycles. The van der Waals surface area contributed by atoms with Crippen molar-refractivity contribution < 1.29 is 9.59 Å². The Bertz CT molecular complexity index is 1430. The summed E-state index contributed by atoms with van der Waals surface area (Å²) in [5.41, 5.74) is 3.08. The maximum atomic E-state index is 13.1. The van der Waals surface area contributed by atoms with Crippen LogP contribution in [0.2, 0.25) is 4.34 Å². The number of fused-ring (bicyclic) bond motifs is 1. The summed E-state index contributed by atoms with van der Waals surface area (Å²) in [6.07, 6.45) is 2.29. The lowest BCUT2D eigenvalue weighted by atomic mass is 10.1. The summed E-state index contributed by atoms with van der Waals surface area (Å²) < 4.78 is 2.06. The molecule has 4 aromatic rings. The van der Waals surface area contributed by atoms with Crippen molar-refractivity contribution >= 4 is 48.2 Å². The van der Waals surface area contributed by atoms with Gasteiger partial charge in [-0.3, -0.25) is 19.0 Å². The molecule has 6 nitrogen and oxygen atoms in total. The van der Waals surface area contributed by atoms with Gasteiger partial charge in [-0.05, 0) is 60.0 Å². The standard InChI is InChI=1S/C26H20ClN3O3S.H2S/c27-22-13-12-21(34-22)26(33)29-24-19-6-2-1-5-17(19)15-20(24)28-25(32)16-8-10-18(11-9-16)30-14-4-3-7-23(30)31;/h1-14,20,24H,15H2,(H,28,32)(H,29,33);1H2/t20-,24?;/m0./s1. The topological polar surface area (TPSA) is 80.2 Å². The molecule has 0 fully saturated rings. The van der Waals surface area contributed by atoms with Crippen LogP contribution in [-0.4, -0.2) is 22.4 Å². The molecule has 5 rings (SSSR count). The van der Waals surface area contributed by atoms with Gasteiger partial charge >= 0.3 is 0 Å². The van der Waals surface area contributed by atoms with Gasteiger partial charge in [0.1, 0.15) is 0 Å². The number of rotatable bonds is 5. The number of amides is 2. The van der Waals surface area contributed by atoms with E-state index in [9.17, 15) is 14.4 Å². The Labute approximate surface area is 218 Å². The van der Waals surface area contributed by atoms with E-state index in [-0.39, 0.29) is 43.0 Å². The molecule has 1 unspecified atom stereocenters. The van der Waals surface area contributed by atoms with E-state index in [4.69, 9.17) is 11.6 Å². The number of carbonyl (C=O) groups is 2. The number of nitrogens with one attached hydrogen (secondary N) is 2. The van der Waals surface area contributed by atoms with E-state index < -0.39 is 0 Å². The monoisotopic (exact) mass is 523 g/mol. The second kappa shape index (κ2) is 10.5. The molecule has 9 heteroatoms. The van der Waals surface area contributed by atoms with Gasteiger partial charge in [-0.1, -0.05) is 41.9 Å². The molecular weight excluding hydrogens is 502 g/mol. The van der Waals surface area contributed by atoms with Crippen LogP contribution in [0.15, 0.2) is 89.9 Å². The van der Waals surface area contributed by atoms with Crippen molar-refractivity contribution in [3.05, 3.63) is 121 Å². The summed E-state index contributed by atoms with van der Waals surface area (Å²) >= 11 is 7.20. The van der Waals surface area contributed by atoms with E-state index in [1.54, 1.807) is 54.7 Å². The number of pyridine rings is 1. The predicted molar refractivity (Wildman–Crippen MR) is 143 cm³/mol. The number of hydrogen-bond donors (Lipinski definition) is 2. The lowest BCUT2D eigenvalue weighted by Gasteiger charge is -2.23. The molecule has 1 aliphatic rings. The fourth-order valence-electron chi connectivity index (χ4n) is 4.22. The van der Waals surface area contributed by atoms with Crippen molar-refractivity contribution in [1.82, 2.24) is 15.2 Å². The molecule has 2 amide bonds. The minimum Gasteiger partial charge on any atom is -0.347 e. The third kappa shape index (κ3) is 5.19. The summed E-state index contributed by atoms with van der Waals surface area (Å²) in [5, 5.41) is 6.15. The van der Waals surface area contributed by atoms with Gasteiger partial charge in [0.05, 0.1) is 21.3 Å².